The highest BCUT2D eigenvalue weighted by atomic mass is 35.5. The molecule has 0 fully saturated rings. The number of pyridine rings is 1. The first-order valence-corrected chi connectivity index (χ1v) is 7.37. The quantitative estimate of drug-likeness (QED) is 0.637. The number of nitrogen functional groups attached to an aromatic ring is 1. The number of nitrogens with zero attached hydrogens (tertiary/aromatic N) is 4. The molecule has 0 aliphatic carbocycles. The SMILES string of the molecule is CCc1n[nH]c(Cl)c1CSc1cc(N)nc2[nH]nnc12. The number of halogens is 1. The second-order valence-corrected chi connectivity index (χ2v) is 5.55. The summed E-state index contributed by atoms with van der Waals surface area (Å²) in [6.45, 7) is 2.04. The van der Waals surface area contributed by atoms with E-state index in [-0.39, 0.29) is 0 Å². The minimum absolute atomic E-state index is 0.431. The van der Waals surface area contributed by atoms with Crippen LogP contribution in [0.1, 0.15) is 18.2 Å². The lowest BCUT2D eigenvalue weighted by molar-refractivity contribution is 0.953. The molecule has 3 heterocycles. The molecule has 104 valence electrons. The molecule has 0 aliphatic heterocycles. The van der Waals surface area contributed by atoms with Gasteiger partial charge in [-0.2, -0.15) is 5.10 Å². The number of aromatic amines is 2. The summed E-state index contributed by atoms with van der Waals surface area (Å²) >= 11 is 7.70. The van der Waals surface area contributed by atoms with Crippen molar-refractivity contribution in [3.05, 3.63) is 22.5 Å². The van der Waals surface area contributed by atoms with E-state index in [1.807, 2.05) is 6.92 Å². The van der Waals surface area contributed by atoms with Gasteiger partial charge < -0.3 is 5.73 Å². The van der Waals surface area contributed by atoms with Crippen LogP contribution in [-0.2, 0) is 12.2 Å². The molecule has 0 radical (unpaired) electrons. The molecule has 0 amide bonds. The standard InChI is InChI=1S/C11H12ClN7S/c1-2-6-5(10(12)17-15-6)4-20-7-3-8(13)14-11-9(7)16-19-18-11/h3H,2,4H2,1H3,(H,15,17)(H3,13,14,16,18,19). The third-order valence-electron chi connectivity index (χ3n) is 2.89. The van der Waals surface area contributed by atoms with E-state index in [2.05, 4.69) is 30.6 Å². The van der Waals surface area contributed by atoms with E-state index in [1.54, 1.807) is 17.8 Å². The van der Waals surface area contributed by atoms with Crippen molar-refractivity contribution in [3.8, 4) is 0 Å². The maximum Gasteiger partial charge on any atom is 0.179 e. The molecule has 3 rings (SSSR count). The average Bonchev–Trinajstić information content (AvgIpc) is 3.02. The third kappa shape index (κ3) is 2.32. The van der Waals surface area contributed by atoms with E-state index in [9.17, 15) is 0 Å². The first-order valence-electron chi connectivity index (χ1n) is 6.00. The third-order valence-corrected chi connectivity index (χ3v) is 4.26. The van der Waals surface area contributed by atoms with Crippen molar-refractivity contribution in [2.75, 3.05) is 5.73 Å². The molecule has 0 aromatic carbocycles. The average molecular weight is 310 g/mol. The zero-order valence-corrected chi connectivity index (χ0v) is 12.2. The fourth-order valence-electron chi connectivity index (χ4n) is 1.91. The number of H-pyrrole nitrogens is 2. The lowest BCUT2D eigenvalue weighted by Crippen LogP contribution is -1.93. The summed E-state index contributed by atoms with van der Waals surface area (Å²) in [5, 5.41) is 18.0. The van der Waals surface area contributed by atoms with Crippen LogP contribution >= 0.6 is 23.4 Å². The highest BCUT2D eigenvalue weighted by Gasteiger charge is 2.13. The predicted molar refractivity (Wildman–Crippen MR) is 78.6 cm³/mol. The second kappa shape index (κ2) is 5.29. The van der Waals surface area contributed by atoms with Crippen LogP contribution in [0.25, 0.3) is 11.2 Å². The molecule has 7 nitrogen and oxygen atoms in total. The van der Waals surface area contributed by atoms with E-state index >= 15 is 0 Å². The Bertz CT molecular complexity index is 750. The fraction of sp³-hybridized carbons (Fsp3) is 0.273. The molecule has 0 aliphatic rings. The number of nitrogens with two attached hydrogens (primary N) is 1. The number of rotatable bonds is 4. The Morgan fingerprint density at radius 2 is 2.25 bits per heavy atom. The number of aromatic nitrogens is 6. The summed E-state index contributed by atoms with van der Waals surface area (Å²) in [4.78, 5) is 5.05. The smallest absolute Gasteiger partial charge is 0.179 e. The van der Waals surface area contributed by atoms with Gasteiger partial charge in [0.25, 0.3) is 0 Å². The Morgan fingerprint density at radius 3 is 3.05 bits per heavy atom. The largest absolute Gasteiger partial charge is 0.384 e. The molecule has 0 atom stereocenters. The molecular formula is C11H12ClN7S. The summed E-state index contributed by atoms with van der Waals surface area (Å²) in [6.07, 6.45) is 0.830. The normalized spacial score (nSPS) is 11.3. The van der Waals surface area contributed by atoms with Crippen molar-refractivity contribution in [3.63, 3.8) is 0 Å². The highest BCUT2D eigenvalue weighted by Crippen LogP contribution is 2.31. The van der Waals surface area contributed by atoms with Crippen LogP contribution in [0.5, 0.6) is 0 Å². The topological polar surface area (TPSA) is 109 Å². The van der Waals surface area contributed by atoms with E-state index in [4.69, 9.17) is 17.3 Å². The maximum absolute atomic E-state index is 6.12. The van der Waals surface area contributed by atoms with Crippen LogP contribution in [0.2, 0.25) is 5.15 Å². The van der Waals surface area contributed by atoms with Crippen molar-refractivity contribution < 1.29 is 0 Å². The molecule has 0 bridgehead atoms. The molecule has 0 saturated carbocycles. The van der Waals surface area contributed by atoms with Crippen molar-refractivity contribution in [1.82, 2.24) is 30.6 Å². The van der Waals surface area contributed by atoms with Crippen molar-refractivity contribution >= 4 is 40.3 Å². The molecular weight excluding hydrogens is 298 g/mol. The Morgan fingerprint density at radius 1 is 1.40 bits per heavy atom. The number of nitrogens with one attached hydrogen (secondary N) is 2. The van der Waals surface area contributed by atoms with E-state index in [0.717, 1.165) is 22.6 Å². The Hall–Kier alpha value is -1.80. The number of aryl methyl sites for hydroxylation is 1. The summed E-state index contributed by atoms with van der Waals surface area (Å²) in [5.74, 6) is 1.12. The van der Waals surface area contributed by atoms with Crippen LogP contribution in [0.15, 0.2) is 11.0 Å². The first kappa shape index (κ1) is 13.2. The van der Waals surface area contributed by atoms with E-state index < -0.39 is 0 Å². The highest BCUT2D eigenvalue weighted by molar-refractivity contribution is 7.98. The van der Waals surface area contributed by atoms with Gasteiger partial charge in [-0.1, -0.05) is 23.7 Å². The first-order chi connectivity index (χ1) is 9.69. The van der Waals surface area contributed by atoms with Gasteiger partial charge in [0, 0.05) is 16.2 Å². The fourth-order valence-corrected chi connectivity index (χ4v) is 3.29. The summed E-state index contributed by atoms with van der Waals surface area (Å²) < 4.78 is 0. The molecule has 4 N–H and O–H groups in total. The van der Waals surface area contributed by atoms with Gasteiger partial charge in [-0.05, 0) is 12.5 Å². The van der Waals surface area contributed by atoms with Crippen LogP contribution in [0, 0.1) is 0 Å². The summed E-state index contributed by atoms with van der Waals surface area (Å²) in [7, 11) is 0. The Kier molecular flexibility index (Phi) is 3.49. The van der Waals surface area contributed by atoms with Gasteiger partial charge in [0.2, 0.25) is 0 Å². The van der Waals surface area contributed by atoms with Crippen LogP contribution in [0.3, 0.4) is 0 Å². The van der Waals surface area contributed by atoms with Gasteiger partial charge in [0.05, 0.1) is 5.69 Å². The number of thioether (sulfide) groups is 1. The van der Waals surface area contributed by atoms with Crippen LogP contribution < -0.4 is 5.73 Å². The molecule has 9 heteroatoms. The summed E-state index contributed by atoms with van der Waals surface area (Å²) in [6, 6.07) is 1.79. The van der Waals surface area contributed by atoms with E-state index in [0.29, 0.717) is 27.9 Å². The Balaban J connectivity index is 1.90. The van der Waals surface area contributed by atoms with Crippen LogP contribution in [0.4, 0.5) is 5.82 Å². The summed E-state index contributed by atoms with van der Waals surface area (Å²) in [5.41, 5.74) is 9.05. The van der Waals surface area contributed by atoms with Crippen LogP contribution in [-0.4, -0.2) is 30.6 Å². The van der Waals surface area contributed by atoms with Gasteiger partial charge in [-0.25, -0.2) is 10.1 Å². The predicted octanol–water partition coefficient (Wildman–Crippen LogP) is 2.17. The molecule has 0 spiro atoms. The lowest BCUT2D eigenvalue weighted by Gasteiger charge is -2.04. The van der Waals surface area contributed by atoms with Gasteiger partial charge >= 0.3 is 0 Å². The number of hydrogen-bond acceptors (Lipinski definition) is 6. The molecule has 20 heavy (non-hydrogen) atoms. The second-order valence-electron chi connectivity index (χ2n) is 4.16. The van der Waals surface area contributed by atoms with Gasteiger partial charge in [-0.15, -0.1) is 16.9 Å². The number of fused-ring (bicyclic) bond motifs is 1. The molecule has 3 aromatic rings. The minimum Gasteiger partial charge on any atom is -0.384 e. The molecule has 0 saturated heterocycles. The van der Waals surface area contributed by atoms with Crippen molar-refractivity contribution in [1.29, 1.82) is 0 Å². The zero-order valence-electron chi connectivity index (χ0n) is 10.6. The van der Waals surface area contributed by atoms with Gasteiger partial charge in [-0.3, -0.25) is 5.10 Å². The lowest BCUT2D eigenvalue weighted by atomic mass is 10.2. The molecule has 3 aromatic heterocycles. The molecule has 0 unspecified atom stereocenters. The minimum atomic E-state index is 0.431. The monoisotopic (exact) mass is 309 g/mol. The maximum atomic E-state index is 6.12. The number of hydrogen-bond donors (Lipinski definition) is 3. The van der Waals surface area contributed by atoms with Gasteiger partial charge in [0.1, 0.15) is 16.5 Å². The van der Waals surface area contributed by atoms with Crippen molar-refractivity contribution in [2.24, 2.45) is 0 Å². The van der Waals surface area contributed by atoms with E-state index in [1.165, 1.54) is 0 Å². The van der Waals surface area contributed by atoms with Gasteiger partial charge in [0.15, 0.2) is 5.65 Å². The Labute approximate surface area is 123 Å². The van der Waals surface area contributed by atoms with Crippen molar-refractivity contribution in [2.45, 2.75) is 24.0 Å². The zero-order chi connectivity index (χ0) is 14.1. The number of anilines is 1.